The van der Waals surface area contributed by atoms with Crippen LogP contribution >= 0.6 is 0 Å². The minimum absolute atomic E-state index is 0.00496. The van der Waals surface area contributed by atoms with E-state index in [0.29, 0.717) is 37.1 Å². The third-order valence-electron chi connectivity index (χ3n) is 2.14. The van der Waals surface area contributed by atoms with Crippen molar-refractivity contribution in [1.82, 2.24) is 0 Å². The molecule has 0 unspecified atom stereocenters. The molecule has 0 heterocycles. The van der Waals surface area contributed by atoms with Crippen molar-refractivity contribution in [2.24, 2.45) is 0 Å². The quantitative estimate of drug-likeness (QED) is 0.731. The van der Waals surface area contributed by atoms with Crippen LogP contribution in [0.2, 0.25) is 0 Å². The van der Waals surface area contributed by atoms with Crippen molar-refractivity contribution in [2.75, 3.05) is 19.8 Å². The maximum Gasteiger partial charge on any atom is 0.203 e. The lowest BCUT2D eigenvalue weighted by atomic mass is 10.2. The minimum Gasteiger partial charge on any atom is -0.545 e. The van der Waals surface area contributed by atoms with E-state index in [1.807, 2.05) is 20.8 Å². The molecule has 0 radical (unpaired) electrons. The van der Waals surface area contributed by atoms with E-state index in [0.717, 1.165) is 0 Å². The Morgan fingerprint density at radius 2 is 1.44 bits per heavy atom. The lowest BCUT2D eigenvalue weighted by molar-refractivity contribution is -0.255. The van der Waals surface area contributed by atoms with Crippen LogP contribution in [0.5, 0.6) is 17.2 Å². The second kappa shape index (κ2) is 6.74. The molecule has 100 valence electrons. The van der Waals surface area contributed by atoms with E-state index in [-0.39, 0.29) is 5.56 Å². The number of aromatic carboxylic acids is 1. The van der Waals surface area contributed by atoms with Gasteiger partial charge in [0.2, 0.25) is 5.75 Å². The SMILES string of the molecule is CCOc1cc(C(=O)[O-])cc(OCC)c1OCC. The van der Waals surface area contributed by atoms with Crippen LogP contribution in [0, 0.1) is 0 Å². The molecule has 0 aliphatic carbocycles. The number of hydrogen-bond acceptors (Lipinski definition) is 5. The molecule has 0 amide bonds. The maximum atomic E-state index is 10.9. The first-order valence-corrected chi connectivity index (χ1v) is 5.91. The molecule has 0 aliphatic heterocycles. The van der Waals surface area contributed by atoms with E-state index in [4.69, 9.17) is 14.2 Å². The highest BCUT2D eigenvalue weighted by Gasteiger charge is 2.15. The summed E-state index contributed by atoms with van der Waals surface area (Å²) in [5.41, 5.74) is 0.00496. The van der Waals surface area contributed by atoms with Crippen LogP contribution in [-0.4, -0.2) is 25.8 Å². The molecule has 5 heteroatoms. The second-order valence-electron chi connectivity index (χ2n) is 3.39. The molecule has 0 N–H and O–H groups in total. The van der Waals surface area contributed by atoms with Crippen LogP contribution in [0.1, 0.15) is 31.1 Å². The van der Waals surface area contributed by atoms with Gasteiger partial charge in [-0.25, -0.2) is 0 Å². The van der Waals surface area contributed by atoms with Gasteiger partial charge in [-0.05, 0) is 32.9 Å². The normalized spacial score (nSPS) is 9.94. The molecule has 5 nitrogen and oxygen atoms in total. The fraction of sp³-hybridized carbons (Fsp3) is 0.462. The Kier molecular flexibility index (Phi) is 5.30. The molecule has 18 heavy (non-hydrogen) atoms. The molecule has 0 atom stereocenters. The highest BCUT2D eigenvalue weighted by Crippen LogP contribution is 2.38. The summed E-state index contributed by atoms with van der Waals surface area (Å²) in [7, 11) is 0. The molecule has 0 saturated heterocycles. The number of carbonyl (C=O) groups is 1. The van der Waals surface area contributed by atoms with Crippen molar-refractivity contribution in [1.29, 1.82) is 0 Å². The monoisotopic (exact) mass is 253 g/mol. The van der Waals surface area contributed by atoms with Crippen molar-refractivity contribution < 1.29 is 24.1 Å². The first kappa shape index (κ1) is 14.2. The molecule has 1 aromatic rings. The fourth-order valence-corrected chi connectivity index (χ4v) is 1.51. The lowest BCUT2D eigenvalue weighted by Gasteiger charge is -2.17. The fourth-order valence-electron chi connectivity index (χ4n) is 1.51. The summed E-state index contributed by atoms with van der Waals surface area (Å²) in [4.78, 5) is 10.9. The van der Waals surface area contributed by atoms with Gasteiger partial charge in [0.25, 0.3) is 0 Å². The van der Waals surface area contributed by atoms with E-state index in [1.54, 1.807) is 0 Å². The van der Waals surface area contributed by atoms with Crippen molar-refractivity contribution in [3.63, 3.8) is 0 Å². The molecule has 1 aromatic carbocycles. The smallest absolute Gasteiger partial charge is 0.203 e. The van der Waals surface area contributed by atoms with Crippen LogP contribution in [0.15, 0.2) is 12.1 Å². The Bertz CT molecular complexity index is 387. The molecule has 0 aliphatic rings. The highest BCUT2D eigenvalue weighted by molar-refractivity contribution is 5.87. The summed E-state index contributed by atoms with van der Waals surface area (Å²) in [5.74, 6) is -0.153. The van der Waals surface area contributed by atoms with Crippen LogP contribution in [0.3, 0.4) is 0 Å². The average molecular weight is 253 g/mol. The molecule has 1 rings (SSSR count). The van der Waals surface area contributed by atoms with E-state index >= 15 is 0 Å². The van der Waals surface area contributed by atoms with Crippen molar-refractivity contribution >= 4 is 5.97 Å². The van der Waals surface area contributed by atoms with E-state index in [2.05, 4.69) is 0 Å². The van der Waals surface area contributed by atoms with E-state index < -0.39 is 5.97 Å². The first-order valence-electron chi connectivity index (χ1n) is 5.91. The first-order chi connectivity index (χ1) is 8.63. The maximum absolute atomic E-state index is 10.9. The van der Waals surface area contributed by atoms with Gasteiger partial charge in [-0.15, -0.1) is 0 Å². The van der Waals surface area contributed by atoms with Gasteiger partial charge < -0.3 is 24.1 Å². The average Bonchev–Trinajstić information content (AvgIpc) is 2.33. The Morgan fingerprint density at radius 3 is 1.78 bits per heavy atom. The number of ether oxygens (including phenoxy) is 3. The summed E-state index contributed by atoms with van der Waals surface area (Å²) in [6.07, 6.45) is 0. The van der Waals surface area contributed by atoms with Crippen molar-refractivity contribution in [2.45, 2.75) is 20.8 Å². The van der Waals surface area contributed by atoms with Gasteiger partial charge in [0.05, 0.1) is 25.8 Å². The number of carboxylic acids is 1. The summed E-state index contributed by atoms with van der Waals surface area (Å²) in [6, 6.07) is 2.76. The summed E-state index contributed by atoms with van der Waals surface area (Å²) in [6.45, 7) is 6.69. The summed E-state index contributed by atoms with van der Waals surface area (Å²) >= 11 is 0. The zero-order valence-corrected chi connectivity index (χ0v) is 10.8. The van der Waals surface area contributed by atoms with Crippen LogP contribution in [0.25, 0.3) is 0 Å². The number of carbonyl (C=O) groups excluding carboxylic acids is 1. The standard InChI is InChI=1S/C13H18O5/c1-4-16-10-7-9(13(14)15)8-11(17-5-2)12(10)18-6-3/h7-8H,4-6H2,1-3H3,(H,14,15)/p-1. The van der Waals surface area contributed by atoms with Gasteiger partial charge in [0.1, 0.15) is 0 Å². The number of rotatable bonds is 7. The van der Waals surface area contributed by atoms with Gasteiger partial charge in [0, 0.05) is 5.56 Å². The number of hydrogen-bond donors (Lipinski definition) is 0. The van der Waals surface area contributed by atoms with Gasteiger partial charge >= 0.3 is 0 Å². The van der Waals surface area contributed by atoms with Crippen LogP contribution in [0.4, 0.5) is 0 Å². The topological polar surface area (TPSA) is 67.8 Å². The predicted molar refractivity (Wildman–Crippen MR) is 64.3 cm³/mol. The molecular weight excluding hydrogens is 236 g/mol. The second-order valence-corrected chi connectivity index (χ2v) is 3.39. The van der Waals surface area contributed by atoms with E-state index in [1.165, 1.54) is 12.1 Å². The Morgan fingerprint density at radius 1 is 1.00 bits per heavy atom. The van der Waals surface area contributed by atoms with Crippen LogP contribution in [-0.2, 0) is 0 Å². The Labute approximate surface area is 106 Å². The molecule has 0 fully saturated rings. The van der Waals surface area contributed by atoms with Gasteiger partial charge in [-0.1, -0.05) is 0 Å². The number of benzene rings is 1. The lowest BCUT2D eigenvalue weighted by Crippen LogP contribution is -2.22. The van der Waals surface area contributed by atoms with Gasteiger partial charge in [0.15, 0.2) is 11.5 Å². The Balaban J connectivity index is 3.28. The van der Waals surface area contributed by atoms with Crippen LogP contribution < -0.4 is 19.3 Å². The minimum atomic E-state index is -1.28. The van der Waals surface area contributed by atoms with Crippen molar-refractivity contribution in [3.8, 4) is 17.2 Å². The molecule has 0 spiro atoms. The zero-order chi connectivity index (χ0) is 13.5. The molecule has 0 bridgehead atoms. The zero-order valence-electron chi connectivity index (χ0n) is 10.8. The van der Waals surface area contributed by atoms with Gasteiger partial charge in [-0.3, -0.25) is 0 Å². The molecular formula is C13H17O5-. The Hall–Kier alpha value is -1.91. The van der Waals surface area contributed by atoms with Crippen molar-refractivity contribution in [3.05, 3.63) is 17.7 Å². The predicted octanol–water partition coefficient (Wildman–Crippen LogP) is 1.25. The molecule has 0 aromatic heterocycles. The van der Waals surface area contributed by atoms with E-state index in [9.17, 15) is 9.90 Å². The highest BCUT2D eigenvalue weighted by atomic mass is 16.5. The largest absolute Gasteiger partial charge is 0.545 e. The molecule has 0 saturated carbocycles. The third kappa shape index (κ3) is 3.29. The van der Waals surface area contributed by atoms with Gasteiger partial charge in [-0.2, -0.15) is 0 Å². The third-order valence-corrected chi connectivity index (χ3v) is 2.14. The summed E-state index contributed by atoms with van der Waals surface area (Å²) in [5, 5.41) is 10.9. The summed E-state index contributed by atoms with van der Waals surface area (Å²) < 4.78 is 16.2. The number of carboxylic acid groups (broad SMARTS) is 1.